The highest BCUT2D eigenvalue weighted by molar-refractivity contribution is 5.79. The monoisotopic (exact) mass is 392 g/mol. The van der Waals surface area contributed by atoms with Crippen molar-refractivity contribution in [1.82, 2.24) is 19.8 Å². The minimum atomic E-state index is -0.0576. The van der Waals surface area contributed by atoms with E-state index in [9.17, 15) is 9.59 Å². The van der Waals surface area contributed by atoms with Crippen molar-refractivity contribution in [3.63, 3.8) is 0 Å². The lowest BCUT2D eigenvalue weighted by Gasteiger charge is -2.35. The molecule has 0 radical (unpaired) electrons. The molecule has 0 spiro atoms. The first-order valence-corrected chi connectivity index (χ1v) is 10.5. The highest BCUT2D eigenvalue weighted by atomic mass is 16.2. The van der Waals surface area contributed by atoms with Crippen LogP contribution in [0.25, 0.3) is 0 Å². The van der Waals surface area contributed by atoms with Crippen LogP contribution in [0.2, 0.25) is 0 Å². The predicted molar refractivity (Wildman–Crippen MR) is 110 cm³/mol. The molecule has 1 atom stereocenters. The van der Waals surface area contributed by atoms with Gasteiger partial charge < -0.3 is 9.80 Å². The number of likely N-dealkylation sites (tertiary alicyclic amines) is 1. The van der Waals surface area contributed by atoms with Crippen molar-refractivity contribution in [3.05, 3.63) is 58.7 Å². The molecule has 152 valence electrons. The van der Waals surface area contributed by atoms with Crippen molar-refractivity contribution in [3.8, 4) is 0 Å². The lowest BCUT2D eigenvalue weighted by molar-refractivity contribution is -0.134. The lowest BCUT2D eigenvalue weighted by Crippen LogP contribution is -2.40. The molecule has 1 saturated heterocycles. The van der Waals surface area contributed by atoms with Gasteiger partial charge in [0.1, 0.15) is 0 Å². The second-order valence-electron chi connectivity index (χ2n) is 8.15. The number of hydrogen-bond donors (Lipinski definition) is 0. The number of benzene rings is 1. The van der Waals surface area contributed by atoms with Gasteiger partial charge in [-0.25, -0.2) is 9.97 Å². The number of fused-ring (bicyclic) bond motifs is 1. The van der Waals surface area contributed by atoms with Crippen molar-refractivity contribution in [2.24, 2.45) is 0 Å². The maximum atomic E-state index is 13.1. The Hall–Kier alpha value is -2.76. The highest BCUT2D eigenvalue weighted by Crippen LogP contribution is 2.30. The molecule has 6 heteroatoms. The summed E-state index contributed by atoms with van der Waals surface area (Å²) in [5.74, 6) is 0.972. The molecule has 1 fully saturated rings. The predicted octanol–water partition coefficient (Wildman–Crippen LogP) is 2.99. The Morgan fingerprint density at radius 2 is 1.93 bits per heavy atom. The normalized spacial score (nSPS) is 19.0. The van der Waals surface area contributed by atoms with Crippen LogP contribution in [0.4, 0.5) is 0 Å². The maximum Gasteiger partial charge on any atom is 0.227 e. The molecule has 1 unspecified atom stereocenters. The molecular formula is C23H28N4O2. The number of carbonyl (C=O) groups excluding carboxylic acids is 2. The van der Waals surface area contributed by atoms with Gasteiger partial charge in [0.15, 0.2) is 5.82 Å². The Kier molecular flexibility index (Phi) is 5.60. The van der Waals surface area contributed by atoms with E-state index in [-0.39, 0.29) is 17.9 Å². The Bertz CT molecular complexity index is 910. The van der Waals surface area contributed by atoms with Crippen LogP contribution in [0.3, 0.4) is 0 Å². The summed E-state index contributed by atoms with van der Waals surface area (Å²) in [6.45, 7) is 5.67. The van der Waals surface area contributed by atoms with E-state index in [0.29, 0.717) is 19.5 Å². The summed E-state index contributed by atoms with van der Waals surface area (Å²) in [4.78, 5) is 38.0. The fourth-order valence-corrected chi connectivity index (χ4v) is 4.24. The zero-order valence-electron chi connectivity index (χ0n) is 17.2. The van der Waals surface area contributed by atoms with E-state index in [4.69, 9.17) is 4.98 Å². The first-order valence-electron chi connectivity index (χ1n) is 10.5. The summed E-state index contributed by atoms with van der Waals surface area (Å²) in [6.07, 6.45) is 6.01. The second-order valence-corrected chi connectivity index (χ2v) is 8.15. The van der Waals surface area contributed by atoms with Crippen LogP contribution in [0.1, 0.15) is 60.4 Å². The molecule has 3 heterocycles. The first kappa shape index (κ1) is 19.6. The summed E-state index contributed by atoms with van der Waals surface area (Å²) < 4.78 is 0. The van der Waals surface area contributed by atoms with E-state index < -0.39 is 0 Å². The molecule has 2 aliphatic heterocycles. The maximum absolute atomic E-state index is 13.1. The van der Waals surface area contributed by atoms with Gasteiger partial charge in [0.25, 0.3) is 0 Å². The Labute approximate surface area is 172 Å². The third kappa shape index (κ3) is 4.31. The number of carbonyl (C=O) groups is 2. The largest absolute Gasteiger partial charge is 0.338 e. The van der Waals surface area contributed by atoms with Gasteiger partial charge in [-0.15, -0.1) is 0 Å². The Morgan fingerprint density at radius 1 is 1.14 bits per heavy atom. The van der Waals surface area contributed by atoms with Gasteiger partial charge >= 0.3 is 0 Å². The quantitative estimate of drug-likeness (QED) is 0.805. The number of hydrogen-bond acceptors (Lipinski definition) is 4. The van der Waals surface area contributed by atoms with E-state index in [2.05, 4.69) is 11.9 Å². The number of aromatic nitrogens is 2. The zero-order valence-corrected chi connectivity index (χ0v) is 17.2. The van der Waals surface area contributed by atoms with Gasteiger partial charge in [-0.2, -0.15) is 0 Å². The van der Waals surface area contributed by atoms with Crippen molar-refractivity contribution < 1.29 is 9.59 Å². The number of amides is 2. The second kappa shape index (κ2) is 8.31. The molecular weight excluding hydrogens is 364 g/mol. The van der Waals surface area contributed by atoms with Crippen molar-refractivity contribution >= 4 is 11.8 Å². The van der Waals surface area contributed by atoms with Gasteiger partial charge in [-0.3, -0.25) is 9.59 Å². The molecule has 4 rings (SSSR count). The number of nitrogens with zero attached hydrogens (tertiary/aromatic N) is 4. The van der Waals surface area contributed by atoms with Gasteiger partial charge in [-0.05, 0) is 31.7 Å². The number of piperidine rings is 1. The molecule has 29 heavy (non-hydrogen) atoms. The summed E-state index contributed by atoms with van der Waals surface area (Å²) in [5.41, 5.74) is 4.27. The topological polar surface area (TPSA) is 66.4 Å². The Morgan fingerprint density at radius 3 is 2.69 bits per heavy atom. The molecule has 2 aliphatic rings. The number of rotatable bonds is 3. The third-order valence-electron chi connectivity index (χ3n) is 6.00. The van der Waals surface area contributed by atoms with E-state index in [1.165, 1.54) is 5.56 Å². The van der Waals surface area contributed by atoms with Gasteiger partial charge in [-0.1, -0.05) is 29.8 Å². The van der Waals surface area contributed by atoms with Crippen LogP contribution in [0.15, 0.2) is 30.5 Å². The van der Waals surface area contributed by atoms with Gasteiger partial charge in [0.05, 0.1) is 18.2 Å². The SMILES string of the molecule is CC(=O)N1CCc2nc(C3CCCCN3C(=O)Cc3ccc(C)cc3)ncc2C1. The molecule has 6 nitrogen and oxygen atoms in total. The van der Waals surface area contributed by atoms with Crippen LogP contribution in [-0.2, 0) is 29.0 Å². The smallest absolute Gasteiger partial charge is 0.227 e. The summed E-state index contributed by atoms with van der Waals surface area (Å²) in [5, 5.41) is 0. The minimum absolute atomic E-state index is 0.0576. The van der Waals surface area contributed by atoms with Crippen molar-refractivity contribution in [2.75, 3.05) is 13.1 Å². The molecule has 0 bridgehead atoms. The standard InChI is InChI=1S/C23H28N4O2/c1-16-6-8-18(9-7-16)13-22(29)27-11-4-3-5-21(27)23-24-14-19-15-26(17(2)28)12-10-20(19)25-23/h6-9,14,21H,3-5,10-13,15H2,1-2H3. The fraction of sp³-hybridized carbons (Fsp3) is 0.478. The van der Waals surface area contributed by atoms with Crippen LogP contribution < -0.4 is 0 Å². The zero-order chi connectivity index (χ0) is 20.4. The van der Waals surface area contributed by atoms with E-state index in [1.54, 1.807) is 6.92 Å². The molecule has 0 N–H and O–H groups in total. The molecule has 1 aromatic heterocycles. The first-order chi connectivity index (χ1) is 14.0. The third-order valence-corrected chi connectivity index (χ3v) is 6.00. The fourth-order valence-electron chi connectivity index (χ4n) is 4.24. The van der Waals surface area contributed by atoms with E-state index in [1.807, 2.05) is 40.3 Å². The molecule has 1 aromatic carbocycles. The average molecular weight is 393 g/mol. The van der Waals surface area contributed by atoms with Crippen molar-refractivity contribution in [2.45, 2.75) is 58.5 Å². The summed E-state index contributed by atoms with van der Waals surface area (Å²) in [7, 11) is 0. The number of aryl methyl sites for hydroxylation is 1. The van der Waals surface area contributed by atoms with Crippen LogP contribution in [0.5, 0.6) is 0 Å². The van der Waals surface area contributed by atoms with E-state index >= 15 is 0 Å². The van der Waals surface area contributed by atoms with Crippen LogP contribution >= 0.6 is 0 Å². The summed E-state index contributed by atoms with van der Waals surface area (Å²) in [6, 6.07) is 8.10. The molecule has 0 aliphatic carbocycles. The Balaban J connectivity index is 1.52. The molecule has 0 saturated carbocycles. The summed E-state index contributed by atoms with van der Waals surface area (Å²) >= 11 is 0. The van der Waals surface area contributed by atoms with E-state index in [0.717, 1.165) is 54.9 Å². The average Bonchev–Trinajstić information content (AvgIpc) is 2.74. The minimum Gasteiger partial charge on any atom is -0.338 e. The van der Waals surface area contributed by atoms with Crippen LogP contribution in [-0.4, -0.2) is 44.7 Å². The van der Waals surface area contributed by atoms with Gasteiger partial charge in [0.2, 0.25) is 11.8 Å². The highest BCUT2D eigenvalue weighted by Gasteiger charge is 2.31. The van der Waals surface area contributed by atoms with Gasteiger partial charge in [0, 0.05) is 44.7 Å². The van der Waals surface area contributed by atoms with Crippen molar-refractivity contribution in [1.29, 1.82) is 0 Å². The van der Waals surface area contributed by atoms with Crippen LogP contribution in [0, 0.1) is 6.92 Å². The lowest BCUT2D eigenvalue weighted by atomic mass is 9.99. The molecule has 2 amide bonds. The molecule has 2 aromatic rings.